The van der Waals surface area contributed by atoms with E-state index in [1.165, 1.54) is 40.5 Å². The lowest BCUT2D eigenvalue weighted by Crippen LogP contribution is -1.92. The van der Waals surface area contributed by atoms with E-state index in [1.807, 2.05) is 0 Å². The molecule has 0 aromatic carbocycles. The van der Waals surface area contributed by atoms with Gasteiger partial charge in [-0.3, -0.25) is 0 Å². The summed E-state index contributed by atoms with van der Waals surface area (Å²) in [6.07, 6.45) is 11.6. The summed E-state index contributed by atoms with van der Waals surface area (Å²) in [7, 11) is 0. The number of rotatable bonds is 17. The van der Waals surface area contributed by atoms with E-state index in [9.17, 15) is 19.2 Å². The molecule has 8 N–H and O–H groups in total. The van der Waals surface area contributed by atoms with Gasteiger partial charge in [-0.1, -0.05) is 71.3 Å². The van der Waals surface area contributed by atoms with Crippen molar-refractivity contribution >= 4 is 23.9 Å². The van der Waals surface area contributed by atoms with Crippen LogP contribution in [0, 0.1) is 0 Å². The summed E-state index contributed by atoms with van der Waals surface area (Å²) in [4.78, 5) is 38.4. The summed E-state index contributed by atoms with van der Waals surface area (Å²) >= 11 is 0. The van der Waals surface area contributed by atoms with Crippen LogP contribution in [0.5, 0.6) is 0 Å². The number of aliphatic carboxylic acids is 4. The predicted molar refractivity (Wildman–Crippen MR) is 169 cm³/mol. The highest BCUT2D eigenvalue weighted by Crippen LogP contribution is 2.04. The molecule has 12 nitrogen and oxygen atoms in total. The Morgan fingerprint density at radius 3 is 0.512 bits per heavy atom. The molecule has 0 bridgehead atoms. The van der Waals surface area contributed by atoms with Crippen molar-refractivity contribution in [3.05, 3.63) is 48.6 Å². The van der Waals surface area contributed by atoms with E-state index in [-0.39, 0.29) is 22.3 Å². The van der Waals surface area contributed by atoms with Gasteiger partial charge in [0.25, 0.3) is 0 Å². The number of carboxylic acid groups (broad SMARTS) is 4. The van der Waals surface area contributed by atoms with Crippen molar-refractivity contribution in [1.29, 1.82) is 0 Å². The van der Waals surface area contributed by atoms with Crippen molar-refractivity contribution in [2.24, 2.45) is 0 Å². The molecule has 0 rings (SSSR count). The summed E-state index contributed by atoms with van der Waals surface area (Å²) in [5.74, 6) is -3.74. The fraction of sp³-hybridized carbons (Fsp3) is 0.613. The van der Waals surface area contributed by atoms with Gasteiger partial charge in [0.2, 0.25) is 0 Å². The molecule has 0 unspecified atom stereocenters. The number of carboxylic acids is 4. The summed E-state index contributed by atoms with van der Waals surface area (Å²) in [5, 5.41) is 65.2. The largest absolute Gasteiger partial charge is 0.478 e. The highest BCUT2D eigenvalue weighted by Gasteiger charge is 1.92. The molecule has 0 fully saturated rings. The lowest BCUT2D eigenvalue weighted by Gasteiger charge is -1.97. The lowest BCUT2D eigenvalue weighted by atomic mass is 10.1. The summed E-state index contributed by atoms with van der Waals surface area (Å²) in [6.45, 7) is 19.7. The van der Waals surface area contributed by atoms with Crippen LogP contribution >= 0.6 is 0 Å². The van der Waals surface area contributed by atoms with E-state index < -0.39 is 23.9 Å². The van der Waals surface area contributed by atoms with E-state index >= 15 is 0 Å². The van der Waals surface area contributed by atoms with Gasteiger partial charge in [-0.15, -0.1) is 0 Å². The number of hydrogen-bond donors (Lipinski definition) is 8. The van der Waals surface area contributed by atoms with Crippen molar-refractivity contribution in [3.63, 3.8) is 0 Å². The Labute approximate surface area is 257 Å². The maximum atomic E-state index is 9.60. The van der Waals surface area contributed by atoms with Crippen LogP contribution in [0.1, 0.15) is 98.3 Å². The first-order valence-electron chi connectivity index (χ1n) is 13.9. The van der Waals surface area contributed by atoms with Crippen LogP contribution in [-0.2, 0) is 19.2 Å². The van der Waals surface area contributed by atoms with E-state index in [1.54, 1.807) is 0 Å². The van der Waals surface area contributed by atoms with Gasteiger partial charge in [-0.05, 0) is 53.4 Å². The van der Waals surface area contributed by atoms with E-state index in [0.717, 1.165) is 57.8 Å². The summed E-state index contributed by atoms with van der Waals surface area (Å²) in [5.41, 5.74) is 0.704. The molecule has 43 heavy (non-hydrogen) atoms. The van der Waals surface area contributed by atoms with Gasteiger partial charge in [-0.2, -0.15) is 0 Å². The Bertz CT molecular complexity index is 600. The third-order valence-electron chi connectivity index (χ3n) is 4.34. The number of hydrogen-bond acceptors (Lipinski definition) is 8. The summed E-state index contributed by atoms with van der Waals surface area (Å²) < 4.78 is 0. The highest BCUT2D eigenvalue weighted by molar-refractivity contribution is 5.85. The van der Waals surface area contributed by atoms with Crippen LogP contribution in [0.15, 0.2) is 48.6 Å². The number of aliphatic hydroxyl groups excluding tert-OH is 4. The van der Waals surface area contributed by atoms with E-state index in [4.69, 9.17) is 40.9 Å². The normalized spacial score (nSPS) is 8.65. The lowest BCUT2D eigenvalue weighted by molar-refractivity contribution is -0.133. The van der Waals surface area contributed by atoms with Gasteiger partial charge in [0.05, 0.1) is 0 Å². The van der Waals surface area contributed by atoms with Crippen LogP contribution in [0.2, 0.25) is 0 Å². The second kappa shape index (κ2) is 43.1. The molecule has 0 aliphatic rings. The zero-order chi connectivity index (χ0) is 35.2. The van der Waals surface area contributed by atoms with Crippen molar-refractivity contribution < 1.29 is 60.0 Å². The molecule has 0 saturated heterocycles. The number of unbranched alkanes of at least 4 members (excludes halogenated alkanes) is 9. The molecule has 0 aliphatic carbocycles. The molecule has 0 spiro atoms. The topological polar surface area (TPSA) is 230 Å². The molecule has 12 heteroatoms. The molecule has 0 atom stereocenters. The average Bonchev–Trinajstić information content (AvgIpc) is 2.92. The Hall–Kier alpha value is -3.32. The second-order valence-electron chi connectivity index (χ2n) is 9.13. The van der Waals surface area contributed by atoms with Crippen LogP contribution in [0.3, 0.4) is 0 Å². The summed E-state index contributed by atoms with van der Waals surface area (Å²) in [6, 6.07) is 0. The molecule has 0 saturated carbocycles. The maximum absolute atomic E-state index is 9.60. The molecule has 0 aliphatic heterocycles. The van der Waals surface area contributed by atoms with Crippen LogP contribution < -0.4 is 0 Å². The highest BCUT2D eigenvalue weighted by atomic mass is 16.4. The Balaban J connectivity index is -0.0000000970. The fourth-order valence-electron chi connectivity index (χ4n) is 1.68. The standard InChI is InChI=1S/C8H18O2.C7H16O2.4C4H6O2/c9-7-5-3-1-2-4-6-8-10;8-6-4-2-1-3-5-7-9;4*1-3(2)4(5)6/h9-10H,1-8H2;8-9H,1-7H2;4*1H2,2H3,(H,5,6). The SMILES string of the molecule is C=C(C)C(=O)O.C=C(C)C(=O)O.C=C(C)C(=O)O.C=C(C)C(=O)O.OCCCCCCCCO.OCCCCCCCO. The maximum Gasteiger partial charge on any atom is 0.330 e. The van der Waals surface area contributed by atoms with Crippen LogP contribution in [0.4, 0.5) is 0 Å². The number of carbonyl (C=O) groups is 4. The van der Waals surface area contributed by atoms with Crippen LogP contribution in [0.25, 0.3) is 0 Å². The predicted octanol–water partition coefficient (Wildman–Crippen LogP) is 4.82. The number of aliphatic hydroxyl groups is 4. The minimum atomic E-state index is -0.935. The molecular formula is C31H58O12. The smallest absolute Gasteiger partial charge is 0.330 e. The molecule has 254 valence electrons. The quantitative estimate of drug-likeness (QED) is 0.0806. The minimum Gasteiger partial charge on any atom is -0.478 e. The third kappa shape index (κ3) is 78.9. The first kappa shape index (κ1) is 52.3. The van der Waals surface area contributed by atoms with Gasteiger partial charge in [0.15, 0.2) is 0 Å². The van der Waals surface area contributed by atoms with Crippen molar-refractivity contribution in [2.45, 2.75) is 98.3 Å². The van der Waals surface area contributed by atoms with Gasteiger partial charge in [0.1, 0.15) is 0 Å². The van der Waals surface area contributed by atoms with Gasteiger partial charge < -0.3 is 40.9 Å². The minimum absolute atomic E-state index is 0.176. The Kier molecular flexibility index (Phi) is 52.5. The molecule has 0 aromatic rings. The second-order valence-corrected chi connectivity index (χ2v) is 9.13. The Morgan fingerprint density at radius 2 is 0.442 bits per heavy atom. The van der Waals surface area contributed by atoms with E-state index in [0.29, 0.717) is 26.4 Å². The molecule has 0 radical (unpaired) electrons. The van der Waals surface area contributed by atoms with Gasteiger partial charge in [-0.25, -0.2) is 19.2 Å². The molecule has 0 aromatic heterocycles. The van der Waals surface area contributed by atoms with Crippen molar-refractivity contribution in [1.82, 2.24) is 0 Å². The first-order valence-corrected chi connectivity index (χ1v) is 13.9. The van der Waals surface area contributed by atoms with Crippen molar-refractivity contribution in [3.8, 4) is 0 Å². The zero-order valence-corrected chi connectivity index (χ0v) is 26.6. The average molecular weight is 623 g/mol. The van der Waals surface area contributed by atoms with Gasteiger partial charge >= 0.3 is 23.9 Å². The first-order chi connectivity index (χ1) is 19.9. The van der Waals surface area contributed by atoms with Gasteiger partial charge in [0, 0.05) is 48.7 Å². The Morgan fingerprint density at radius 1 is 0.349 bits per heavy atom. The van der Waals surface area contributed by atoms with E-state index in [2.05, 4.69) is 26.3 Å². The zero-order valence-electron chi connectivity index (χ0n) is 26.6. The van der Waals surface area contributed by atoms with Crippen molar-refractivity contribution in [2.75, 3.05) is 26.4 Å². The molecule has 0 heterocycles. The monoisotopic (exact) mass is 622 g/mol. The third-order valence-corrected chi connectivity index (χ3v) is 4.34. The fourth-order valence-corrected chi connectivity index (χ4v) is 1.68. The van der Waals surface area contributed by atoms with Crippen LogP contribution in [-0.4, -0.2) is 91.2 Å². The molecular weight excluding hydrogens is 564 g/mol. The molecule has 0 amide bonds.